The molecule has 0 radical (unpaired) electrons. The molecule has 33 heavy (non-hydrogen) atoms. The molecule has 1 unspecified atom stereocenters. The van der Waals surface area contributed by atoms with Gasteiger partial charge in [0.25, 0.3) is 6.43 Å². The maximum absolute atomic E-state index is 13.3. The number of rotatable bonds is 6. The Morgan fingerprint density at radius 3 is 2.76 bits per heavy atom. The van der Waals surface area contributed by atoms with E-state index in [9.17, 15) is 13.6 Å². The van der Waals surface area contributed by atoms with Gasteiger partial charge in [0.1, 0.15) is 22.2 Å². The molecule has 0 amide bonds. The fraction of sp³-hybridized carbons (Fsp3) is 0.333. The number of fused-ring (bicyclic) bond motifs is 1. The van der Waals surface area contributed by atoms with Gasteiger partial charge in [-0.05, 0) is 19.3 Å². The predicted molar refractivity (Wildman–Crippen MR) is 122 cm³/mol. The maximum Gasteiger partial charge on any atom is 0.281 e. The molecule has 5 rings (SSSR count). The highest BCUT2D eigenvalue weighted by Crippen LogP contribution is 2.35. The zero-order valence-corrected chi connectivity index (χ0v) is 19.1. The molecule has 1 aromatic carbocycles. The largest absolute Gasteiger partial charge is 0.334 e. The Morgan fingerprint density at radius 2 is 2.03 bits per heavy atom. The SMILES string of the molecule is Cc1sc(-c2cnn(C)c2C(=O)CC2CCn3cc(-c4ccccc4)nc3C2)nc1C(F)F. The summed E-state index contributed by atoms with van der Waals surface area (Å²) >= 11 is 1.17. The summed E-state index contributed by atoms with van der Waals surface area (Å²) in [4.78, 5) is 22.6. The van der Waals surface area contributed by atoms with Gasteiger partial charge in [0.05, 0.1) is 17.5 Å². The van der Waals surface area contributed by atoms with Crippen LogP contribution in [0.15, 0.2) is 42.7 Å². The van der Waals surface area contributed by atoms with E-state index in [1.807, 2.05) is 30.3 Å². The summed E-state index contributed by atoms with van der Waals surface area (Å²) in [5, 5.41) is 4.63. The lowest BCUT2D eigenvalue weighted by Gasteiger charge is -2.22. The van der Waals surface area contributed by atoms with E-state index >= 15 is 0 Å². The number of alkyl halides is 2. The number of nitrogens with zero attached hydrogens (tertiary/aromatic N) is 5. The molecule has 1 atom stereocenters. The molecular weight excluding hydrogens is 444 g/mol. The average molecular weight is 468 g/mol. The van der Waals surface area contributed by atoms with Gasteiger partial charge in [-0.15, -0.1) is 11.3 Å². The Labute approximate surface area is 193 Å². The molecule has 6 nitrogen and oxygen atoms in total. The average Bonchev–Trinajstić information content (AvgIpc) is 3.50. The van der Waals surface area contributed by atoms with E-state index in [1.54, 1.807) is 20.2 Å². The summed E-state index contributed by atoms with van der Waals surface area (Å²) in [5.41, 5.74) is 2.73. The molecule has 1 aliphatic rings. The Morgan fingerprint density at radius 1 is 1.24 bits per heavy atom. The number of benzene rings is 1. The summed E-state index contributed by atoms with van der Waals surface area (Å²) in [6.07, 6.45) is 2.93. The fourth-order valence-corrected chi connectivity index (χ4v) is 5.36. The number of hydrogen-bond donors (Lipinski definition) is 0. The second-order valence-electron chi connectivity index (χ2n) is 8.38. The molecule has 9 heteroatoms. The zero-order valence-electron chi connectivity index (χ0n) is 18.3. The van der Waals surface area contributed by atoms with Crippen molar-refractivity contribution in [3.8, 4) is 21.8 Å². The molecule has 0 saturated carbocycles. The van der Waals surface area contributed by atoms with Gasteiger partial charge >= 0.3 is 0 Å². The molecule has 0 aliphatic carbocycles. The van der Waals surface area contributed by atoms with Gasteiger partial charge in [-0.25, -0.2) is 18.7 Å². The molecule has 4 heterocycles. The van der Waals surface area contributed by atoms with Gasteiger partial charge in [0, 0.05) is 43.1 Å². The number of aromatic nitrogens is 5. The Kier molecular flexibility index (Phi) is 5.65. The number of aryl methyl sites for hydroxylation is 3. The van der Waals surface area contributed by atoms with Crippen LogP contribution in [0.4, 0.5) is 8.78 Å². The third kappa shape index (κ3) is 4.13. The summed E-state index contributed by atoms with van der Waals surface area (Å²) < 4.78 is 30.1. The van der Waals surface area contributed by atoms with Crippen molar-refractivity contribution in [1.29, 1.82) is 0 Å². The summed E-state index contributed by atoms with van der Waals surface area (Å²) in [6, 6.07) is 10.1. The minimum Gasteiger partial charge on any atom is -0.334 e. The van der Waals surface area contributed by atoms with E-state index in [-0.39, 0.29) is 17.4 Å². The molecule has 4 aromatic rings. The predicted octanol–water partition coefficient (Wildman–Crippen LogP) is 5.49. The normalized spacial score (nSPS) is 15.7. The fourth-order valence-electron chi connectivity index (χ4n) is 4.42. The Hall–Kier alpha value is -3.20. The third-order valence-electron chi connectivity index (χ3n) is 6.12. The van der Waals surface area contributed by atoms with Crippen LogP contribution in [-0.2, 0) is 20.0 Å². The maximum atomic E-state index is 13.3. The van der Waals surface area contributed by atoms with Crippen LogP contribution in [0, 0.1) is 12.8 Å². The van der Waals surface area contributed by atoms with Crippen molar-refractivity contribution in [3.63, 3.8) is 0 Å². The number of carbonyl (C=O) groups excluding carboxylic acids is 1. The highest BCUT2D eigenvalue weighted by atomic mass is 32.1. The first-order valence-electron chi connectivity index (χ1n) is 10.8. The number of hydrogen-bond acceptors (Lipinski definition) is 5. The van der Waals surface area contributed by atoms with Crippen LogP contribution < -0.4 is 0 Å². The number of thiazole rings is 1. The molecule has 1 aliphatic heterocycles. The van der Waals surface area contributed by atoms with Crippen molar-refractivity contribution < 1.29 is 13.6 Å². The van der Waals surface area contributed by atoms with E-state index in [2.05, 4.69) is 20.8 Å². The van der Waals surface area contributed by atoms with E-state index in [4.69, 9.17) is 4.98 Å². The second-order valence-corrected chi connectivity index (χ2v) is 9.58. The summed E-state index contributed by atoms with van der Waals surface area (Å²) in [5.74, 6) is 1.10. The van der Waals surface area contributed by atoms with Crippen molar-refractivity contribution in [1.82, 2.24) is 24.3 Å². The minimum atomic E-state index is -2.64. The lowest BCUT2D eigenvalue weighted by molar-refractivity contribution is 0.0945. The van der Waals surface area contributed by atoms with E-state index in [0.29, 0.717) is 27.6 Å². The standard InChI is InChI=1S/C24H23F2N5OS/c1-14-21(23(25)26)29-24(33-14)17-12-27-30(2)22(17)19(32)10-15-8-9-31-13-18(28-20(31)11-15)16-6-4-3-5-7-16/h3-7,12-13,15,23H,8-11H2,1-2H3. The van der Waals surface area contributed by atoms with Crippen LogP contribution in [-0.4, -0.2) is 30.1 Å². The molecule has 0 spiro atoms. The molecule has 0 bridgehead atoms. The van der Waals surface area contributed by atoms with Gasteiger partial charge in [-0.3, -0.25) is 9.48 Å². The van der Waals surface area contributed by atoms with E-state index in [1.165, 1.54) is 16.0 Å². The van der Waals surface area contributed by atoms with Crippen molar-refractivity contribution in [3.05, 3.63) is 64.8 Å². The Balaban J connectivity index is 1.35. The monoisotopic (exact) mass is 467 g/mol. The van der Waals surface area contributed by atoms with Gasteiger partial charge in [-0.2, -0.15) is 5.10 Å². The van der Waals surface area contributed by atoms with Crippen LogP contribution in [0.3, 0.4) is 0 Å². The van der Waals surface area contributed by atoms with E-state index in [0.717, 1.165) is 36.5 Å². The van der Waals surface area contributed by atoms with Gasteiger partial charge in [0.15, 0.2) is 5.78 Å². The van der Waals surface area contributed by atoms with Crippen LogP contribution in [0.5, 0.6) is 0 Å². The molecule has 0 saturated heterocycles. The zero-order chi connectivity index (χ0) is 23.1. The molecule has 3 aromatic heterocycles. The first kappa shape index (κ1) is 21.6. The lowest BCUT2D eigenvalue weighted by Crippen LogP contribution is -2.22. The van der Waals surface area contributed by atoms with Gasteiger partial charge in [0.2, 0.25) is 0 Å². The number of halogens is 2. The van der Waals surface area contributed by atoms with Crippen molar-refractivity contribution in [2.45, 2.75) is 39.2 Å². The first-order valence-corrected chi connectivity index (χ1v) is 11.6. The number of imidazole rings is 1. The highest BCUT2D eigenvalue weighted by molar-refractivity contribution is 7.15. The van der Waals surface area contributed by atoms with Gasteiger partial charge in [-0.1, -0.05) is 30.3 Å². The van der Waals surface area contributed by atoms with Gasteiger partial charge < -0.3 is 4.57 Å². The van der Waals surface area contributed by atoms with Crippen molar-refractivity contribution in [2.24, 2.45) is 13.0 Å². The molecular formula is C24H23F2N5OS. The van der Waals surface area contributed by atoms with Crippen LogP contribution in [0.25, 0.3) is 21.8 Å². The smallest absolute Gasteiger partial charge is 0.281 e. The van der Waals surface area contributed by atoms with Crippen molar-refractivity contribution >= 4 is 17.1 Å². The van der Waals surface area contributed by atoms with Crippen LogP contribution >= 0.6 is 11.3 Å². The summed E-state index contributed by atoms with van der Waals surface area (Å²) in [6.45, 7) is 2.43. The quantitative estimate of drug-likeness (QED) is 0.352. The number of Topliss-reactive ketones (excluding diaryl/α,β-unsaturated/α-hetero) is 1. The second kappa shape index (κ2) is 8.62. The first-order chi connectivity index (χ1) is 15.9. The topological polar surface area (TPSA) is 65.6 Å². The lowest BCUT2D eigenvalue weighted by atomic mass is 9.91. The molecule has 170 valence electrons. The molecule has 0 fully saturated rings. The number of ketones is 1. The summed E-state index contributed by atoms with van der Waals surface area (Å²) in [7, 11) is 1.70. The minimum absolute atomic E-state index is 0.0512. The Bertz CT molecular complexity index is 1310. The van der Waals surface area contributed by atoms with E-state index < -0.39 is 6.43 Å². The molecule has 0 N–H and O–H groups in total. The van der Waals surface area contributed by atoms with Crippen LogP contribution in [0.1, 0.15) is 46.2 Å². The number of carbonyl (C=O) groups is 1. The van der Waals surface area contributed by atoms with Crippen molar-refractivity contribution in [2.75, 3.05) is 0 Å². The third-order valence-corrected chi connectivity index (χ3v) is 7.14. The van der Waals surface area contributed by atoms with Crippen LogP contribution in [0.2, 0.25) is 0 Å². The highest BCUT2D eigenvalue weighted by Gasteiger charge is 2.28.